The van der Waals surface area contributed by atoms with Crippen LogP contribution in [0.15, 0.2) is 71.7 Å². The fraction of sp³-hybridized carbons (Fsp3) is 0.130. The summed E-state index contributed by atoms with van der Waals surface area (Å²) in [6.45, 7) is 0.480. The summed E-state index contributed by atoms with van der Waals surface area (Å²) in [7, 11) is 0. The highest BCUT2D eigenvalue weighted by Gasteiger charge is 2.31. The van der Waals surface area contributed by atoms with Crippen LogP contribution in [0.25, 0.3) is 11.1 Å². The fourth-order valence-electron chi connectivity index (χ4n) is 3.82. The molecule has 3 aromatic rings. The van der Waals surface area contributed by atoms with Crippen molar-refractivity contribution >= 4 is 11.6 Å². The average Bonchev–Trinajstić information content (AvgIpc) is 3.12. The van der Waals surface area contributed by atoms with Gasteiger partial charge in [-0.05, 0) is 53.3 Å². The van der Waals surface area contributed by atoms with Gasteiger partial charge in [0.2, 0.25) is 5.90 Å². The van der Waals surface area contributed by atoms with E-state index >= 15 is 0 Å². The zero-order valence-corrected chi connectivity index (χ0v) is 14.2. The molecule has 0 fully saturated rings. The van der Waals surface area contributed by atoms with Crippen LogP contribution < -0.4 is 0 Å². The third-order valence-corrected chi connectivity index (χ3v) is 5.13. The Morgan fingerprint density at radius 3 is 2.50 bits per heavy atom. The van der Waals surface area contributed by atoms with Crippen LogP contribution in [-0.2, 0) is 17.8 Å². The molecule has 26 heavy (non-hydrogen) atoms. The van der Waals surface area contributed by atoms with E-state index in [2.05, 4.69) is 24.3 Å². The summed E-state index contributed by atoms with van der Waals surface area (Å²) in [4.78, 5) is 4.81. The Bertz CT molecular complexity index is 1010. The summed E-state index contributed by atoms with van der Waals surface area (Å²) < 4.78 is 19.3. The van der Waals surface area contributed by atoms with Gasteiger partial charge < -0.3 is 4.74 Å². The van der Waals surface area contributed by atoms with E-state index in [1.54, 1.807) is 12.1 Å². The smallest absolute Gasteiger partial charge is 0.201 e. The normalized spacial score (nSPS) is 15.8. The number of fused-ring (bicyclic) bond motifs is 2. The topological polar surface area (TPSA) is 21.6 Å². The number of benzene rings is 3. The second kappa shape index (κ2) is 6.10. The Morgan fingerprint density at radius 2 is 1.62 bits per heavy atom. The van der Waals surface area contributed by atoms with E-state index in [0.29, 0.717) is 6.61 Å². The van der Waals surface area contributed by atoms with Gasteiger partial charge in [-0.25, -0.2) is 9.38 Å². The fourth-order valence-corrected chi connectivity index (χ4v) is 3.82. The second-order valence-electron chi connectivity index (χ2n) is 6.65. The minimum Gasteiger partial charge on any atom is -0.475 e. The van der Waals surface area contributed by atoms with Crippen LogP contribution in [0.2, 0.25) is 0 Å². The van der Waals surface area contributed by atoms with Crippen molar-refractivity contribution in [1.82, 2.24) is 0 Å². The van der Waals surface area contributed by atoms with Crippen molar-refractivity contribution < 1.29 is 9.13 Å². The molecular weight excluding hydrogens is 325 g/mol. The third-order valence-electron chi connectivity index (χ3n) is 5.13. The maximum Gasteiger partial charge on any atom is 0.201 e. The number of aryl methyl sites for hydroxylation is 1. The summed E-state index contributed by atoms with van der Waals surface area (Å²) in [5, 5.41) is 0. The zero-order valence-electron chi connectivity index (χ0n) is 14.2. The molecule has 0 unspecified atom stereocenters. The van der Waals surface area contributed by atoms with Gasteiger partial charge in [0.15, 0.2) is 0 Å². The minimum absolute atomic E-state index is 0.230. The summed E-state index contributed by atoms with van der Waals surface area (Å²) in [5.41, 5.74) is 6.62. The molecule has 5 rings (SSSR count). The Kier molecular flexibility index (Phi) is 3.59. The second-order valence-corrected chi connectivity index (χ2v) is 6.65. The van der Waals surface area contributed by atoms with E-state index in [0.717, 1.165) is 41.1 Å². The Labute approximate surface area is 152 Å². The van der Waals surface area contributed by atoms with Gasteiger partial charge in [-0.1, -0.05) is 48.5 Å². The minimum atomic E-state index is -0.230. The molecule has 0 amide bonds. The van der Waals surface area contributed by atoms with Gasteiger partial charge in [0.1, 0.15) is 12.4 Å². The van der Waals surface area contributed by atoms with Gasteiger partial charge in [-0.2, -0.15) is 0 Å². The largest absolute Gasteiger partial charge is 0.475 e. The first-order valence-electron chi connectivity index (χ1n) is 8.83. The third kappa shape index (κ3) is 2.51. The monoisotopic (exact) mass is 342 g/mol. The molecule has 1 aliphatic carbocycles. The summed E-state index contributed by atoms with van der Waals surface area (Å²) >= 11 is 0. The van der Waals surface area contributed by atoms with Crippen LogP contribution in [0.5, 0.6) is 0 Å². The molecule has 127 valence electrons. The van der Waals surface area contributed by atoms with E-state index in [-0.39, 0.29) is 5.82 Å². The van der Waals surface area contributed by atoms with Crippen LogP contribution in [0, 0.1) is 11.7 Å². The van der Waals surface area contributed by atoms with Gasteiger partial charge in [0, 0.05) is 5.56 Å². The molecular formula is C23H17FNO. The van der Waals surface area contributed by atoms with Gasteiger partial charge in [-0.15, -0.1) is 0 Å². The number of hydrogen-bond donors (Lipinski definition) is 0. The number of ether oxygens (including phenoxy) is 1. The Hall–Kier alpha value is -2.94. The van der Waals surface area contributed by atoms with Crippen molar-refractivity contribution in [2.75, 3.05) is 0 Å². The number of rotatable bonds is 2. The zero-order chi connectivity index (χ0) is 17.5. The highest BCUT2D eigenvalue weighted by atomic mass is 19.1. The van der Waals surface area contributed by atoms with Gasteiger partial charge in [0.25, 0.3) is 0 Å². The van der Waals surface area contributed by atoms with Crippen LogP contribution in [0.4, 0.5) is 10.1 Å². The quantitative estimate of drug-likeness (QED) is 0.592. The van der Waals surface area contributed by atoms with Gasteiger partial charge in [0.05, 0.1) is 11.6 Å². The van der Waals surface area contributed by atoms with Crippen LogP contribution in [0.3, 0.4) is 0 Å². The van der Waals surface area contributed by atoms with Crippen molar-refractivity contribution in [1.29, 1.82) is 0 Å². The predicted octanol–water partition coefficient (Wildman–Crippen LogP) is 5.62. The first kappa shape index (κ1) is 15.3. The maximum atomic E-state index is 13.2. The number of hydrogen-bond acceptors (Lipinski definition) is 2. The summed E-state index contributed by atoms with van der Waals surface area (Å²) in [6.07, 6.45) is 2.00. The van der Waals surface area contributed by atoms with Crippen molar-refractivity contribution in [3.8, 4) is 11.1 Å². The Morgan fingerprint density at radius 1 is 0.808 bits per heavy atom. The molecule has 1 aliphatic heterocycles. The Balaban J connectivity index is 1.54. The van der Waals surface area contributed by atoms with E-state index in [1.165, 1.54) is 29.2 Å². The lowest BCUT2D eigenvalue weighted by atomic mass is 9.96. The SMILES string of the molecule is Fc1ccc(-c2cccc3c2COC([C]2CCc4ccccc42)=N3)cc1. The van der Waals surface area contributed by atoms with Crippen LogP contribution >= 0.6 is 0 Å². The molecule has 2 nitrogen and oxygen atoms in total. The molecule has 3 heteroatoms. The van der Waals surface area contributed by atoms with E-state index in [1.807, 2.05) is 18.2 Å². The lowest BCUT2D eigenvalue weighted by molar-refractivity contribution is 0.283. The van der Waals surface area contributed by atoms with Crippen molar-refractivity contribution in [3.63, 3.8) is 0 Å². The first-order valence-corrected chi connectivity index (χ1v) is 8.83. The number of halogens is 1. The van der Waals surface area contributed by atoms with Crippen LogP contribution in [-0.4, -0.2) is 5.90 Å². The summed E-state index contributed by atoms with van der Waals surface area (Å²) in [5.74, 6) is 1.70. The summed E-state index contributed by atoms with van der Waals surface area (Å²) in [6, 6.07) is 21.1. The molecule has 0 spiro atoms. The molecule has 1 radical (unpaired) electrons. The molecule has 1 heterocycles. The van der Waals surface area contributed by atoms with Crippen molar-refractivity contribution in [3.05, 3.63) is 95.2 Å². The van der Waals surface area contributed by atoms with Crippen molar-refractivity contribution in [2.45, 2.75) is 19.4 Å². The van der Waals surface area contributed by atoms with Gasteiger partial charge in [-0.3, -0.25) is 0 Å². The van der Waals surface area contributed by atoms with Gasteiger partial charge >= 0.3 is 0 Å². The molecule has 0 saturated heterocycles. The highest BCUT2D eigenvalue weighted by Crippen LogP contribution is 2.39. The predicted molar refractivity (Wildman–Crippen MR) is 101 cm³/mol. The standard InChI is InChI=1S/C23H17FNO/c24-17-11-8-16(9-12-17)19-6-3-7-22-21(19)14-26-23(25-22)20-13-10-15-4-1-2-5-18(15)20/h1-9,11-12H,10,13-14H2. The lowest BCUT2D eigenvalue weighted by Crippen LogP contribution is -2.18. The molecule has 0 N–H and O–H groups in total. The molecule has 0 aromatic heterocycles. The number of nitrogens with zero attached hydrogens (tertiary/aromatic N) is 1. The molecule has 0 bridgehead atoms. The van der Waals surface area contributed by atoms with E-state index in [4.69, 9.17) is 9.73 Å². The average molecular weight is 342 g/mol. The molecule has 0 atom stereocenters. The van der Waals surface area contributed by atoms with E-state index < -0.39 is 0 Å². The molecule has 3 aromatic carbocycles. The lowest BCUT2D eigenvalue weighted by Gasteiger charge is -2.23. The number of aliphatic imine (C=N–C) groups is 1. The molecule has 2 aliphatic rings. The maximum absolute atomic E-state index is 13.2. The van der Waals surface area contributed by atoms with Crippen molar-refractivity contribution in [2.24, 2.45) is 4.99 Å². The van der Waals surface area contributed by atoms with Crippen LogP contribution in [0.1, 0.15) is 23.1 Å². The highest BCUT2D eigenvalue weighted by molar-refractivity contribution is 5.98. The molecule has 0 saturated carbocycles. The first-order chi connectivity index (χ1) is 12.8. The van der Waals surface area contributed by atoms with E-state index in [9.17, 15) is 4.39 Å².